The molecule has 2 aromatic heterocycles. The fourth-order valence-corrected chi connectivity index (χ4v) is 2.88. The number of oxazole rings is 1. The summed E-state index contributed by atoms with van der Waals surface area (Å²) in [5.41, 5.74) is 4.58. The third-order valence-corrected chi connectivity index (χ3v) is 4.23. The van der Waals surface area contributed by atoms with E-state index in [1.54, 1.807) is 10.9 Å². The Morgan fingerprint density at radius 3 is 2.75 bits per heavy atom. The molecule has 0 aliphatic heterocycles. The predicted octanol–water partition coefficient (Wildman–Crippen LogP) is 2.77. The van der Waals surface area contributed by atoms with E-state index >= 15 is 0 Å². The van der Waals surface area contributed by atoms with Gasteiger partial charge in [0, 0.05) is 12.5 Å². The van der Waals surface area contributed by atoms with Gasteiger partial charge in [0.25, 0.3) is 5.91 Å². The van der Waals surface area contributed by atoms with Gasteiger partial charge in [-0.25, -0.2) is 15.1 Å². The molecule has 1 atom stereocenters. The number of hydrogen-bond donors (Lipinski definition) is 2. The Bertz CT molecular complexity index is 1080. The Labute approximate surface area is 160 Å². The van der Waals surface area contributed by atoms with Crippen LogP contribution in [0.2, 0.25) is 0 Å². The second-order valence-electron chi connectivity index (χ2n) is 6.16. The van der Waals surface area contributed by atoms with E-state index < -0.39 is 5.91 Å². The van der Waals surface area contributed by atoms with E-state index in [-0.39, 0.29) is 6.04 Å². The van der Waals surface area contributed by atoms with Crippen LogP contribution >= 0.6 is 0 Å². The molecular formula is C20H17N5O3. The first kappa shape index (κ1) is 17.6. The second-order valence-corrected chi connectivity index (χ2v) is 6.16. The lowest BCUT2D eigenvalue weighted by atomic mass is 10.1. The monoisotopic (exact) mass is 375 g/mol. The molecule has 2 aromatic carbocycles. The highest BCUT2D eigenvalue weighted by molar-refractivity contribution is 5.90. The fourth-order valence-electron chi connectivity index (χ4n) is 2.88. The summed E-state index contributed by atoms with van der Waals surface area (Å²) in [6, 6.07) is 17.2. The zero-order valence-corrected chi connectivity index (χ0v) is 14.8. The Morgan fingerprint density at radius 2 is 1.96 bits per heavy atom. The van der Waals surface area contributed by atoms with Crippen molar-refractivity contribution in [3.63, 3.8) is 0 Å². The minimum Gasteiger partial charge on any atom is -0.438 e. The van der Waals surface area contributed by atoms with E-state index in [1.165, 1.54) is 17.6 Å². The summed E-state index contributed by atoms with van der Waals surface area (Å²) < 4.78 is 7.63. The van der Waals surface area contributed by atoms with Crippen LogP contribution in [0.1, 0.15) is 23.2 Å². The number of benzene rings is 2. The number of para-hydroxylation sites is 2. The van der Waals surface area contributed by atoms with Crippen LogP contribution in [-0.4, -0.2) is 31.1 Å². The van der Waals surface area contributed by atoms with E-state index in [2.05, 4.69) is 15.3 Å². The smallest absolute Gasteiger partial charge is 0.267 e. The van der Waals surface area contributed by atoms with Gasteiger partial charge in [-0.2, -0.15) is 0 Å². The SMILES string of the molecule is O=C(/C=C/c1cn(C(Cc2ccccc2)c2nc3ccccc3o2)nn1)NO. The molecule has 0 aliphatic rings. The highest BCUT2D eigenvalue weighted by Crippen LogP contribution is 2.26. The van der Waals surface area contributed by atoms with Crippen molar-refractivity contribution in [2.45, 2.75) is 12.5 Å². The summed E-state index contributed by atoms with van der Waals surface area (Å²) in [5.74, 6) is -0.118. The zero-order valence-electron chi connectivity index (χ0n) is 14.8. The number of rotatable bonds is 6. The number of carbonyl (C=O) groups is 1. The average molecular weight is 375 g/mol. The van der Waals surface area contributed by atoms with Gasteiger partial charge in [-0.1, -0.05) is 47.7 Å². The van der Waals surface area contributed by atoms with Crippen molar-refractivity contribution in [1.82, 2.24) is 25.5 Å². The molecule has 0 radical (unpaired) electrons. The quantitative estimate of drug-likeness (QED) is 0.305. The maximum absolute atomic E-state index is 11.2. The summed E-state index contributed by atoms with van der Waals surface area (Å²) in [4.78, 5) is 15.8. The van der Waals surface area contributed by atoms with Crippen molar-refractivity contribution in [3.8, 4) is 0 Å². The van der Waals surface area contributed by atoms with Crippen molar-refractivity contribution >= 4 is 23.1 Å². The Kier molecular flexibility index (Phi) is 4.94. The van der Waals surface area contributed by atoms with Crippen LogP contribution in [0.5, 0.6) is 0 Å². The molecule has 4 rings (SSSR count). The normalized spacial score (nSPS) is 12.5. The van der Waals surface area contributed by atoms with Crippen LogP contribution in [-0.2, 0) is 11.2 Å². The molecule has 0 saturated carbocycles. The molecule has 2 heterocycles. The standard InChI is InChI=1S/C20H17N5O3/c26-19(23-27)11-10-15-13-25(24-22-15)17(12-14-6-2-1-3-7-14)20-21-16-8-4-5-9-18(16)28-20/h1-11,13,17,27H,12H2,(H,23,26)/b11-10+. The van der Waals surface area contributed by atoms with Gasteiger partial charge in [-0.15, -0.1) is 5.10 Å². The number of nitrogens with zero attached hydrogens (tertiary/aromatic N) is 4. The first-order valence-corrected chi connectivity index (χ1v) is 8.66. The molecule has 0 fully saturated rings. The van der Waals surface area contributed by atoms with Crippen molar-refractivity contribution in [3.05, 3.63) is 84.0 Å². The molecule has 140 valence electrons. The third-order valence-electron chi connectivity index (χ3n) is 4.23. The number of hydrogen-bond acceptors (Lipinski definition) is 6. The molecule has 8 heteroatoms. The number of carbonyl (C=O) groups excluding carboxylic acids is 1. The van der Waals surface area contributed by atoms with E-state index in [9.17, 15) is 4.79 Å². The van der Waals surface area contributed by atoms with Crippen LogP contribution in [0.4, 0.5) is 0 Å². The molecule has 8 nitrogen and oxygen atoms in total. The first-order chi connectivity index (χ1) is 13.7. The summed E-state index contributed by atoms with van der Waals surface area (Å²) >= 11 is 0. The summed E-state index contributed by atoms with van der Waals surface area (Å²) in [5, 5.41) is 16.8. The van der Waals surface area contributed by atoms with E-state index in [0.29, 0.717) is 23.6 Å². The lowest BCUT2D eigenvalue weighted by Gasteiger charge is -2.13. The molecule has 0 aliphatic carbocycles. The topological polar surface area (TPSA) is 106 Å². The Morgan fingerprint density at radius 1 is 1.18 bits per heavy atom. The van der Waals surface area contributed by atoms with Gasteiger partial charge in [0.15, 0.2) is 5.58 Å². The highest BCUT2D eigenvalue weighted by atomic mass is 16.5. The lowest BCUT2D eigenvalue weighted by molar-refractivity contribution is -0.124. The van der Waals surface area contributed by atoms with Crippen LogP contribution in [0.25, 0.3) is 17.2 Å². The van der Waals surface area contributed by atoms with Gasteiger partial charge < -0.3 is 4.42 Å². The summed E-state index contributed by atoms with van der Waals surface area (Å²) in [7, 11) is 0. The van der Waals surface area contributed by atoms with E-state index in [4.69, 9.17) is 9.62 Å². The van der Waals surface area contributed by atoms with Crippen molar-refractivity contribution in [2.75, 3.05) is 0 Å². The van der Waals surface area contributed by atoms with Crippen LogP contribution < -0.4 is 5.48 Å². The number of amides is 1. The van der Waals surface area contributed by atoms with Crippen LogP contribution in [0.15, 0.2) is 71.3 Å². The first-order valence-electron chi connectivity index (χ1n) is 8.66. The molecule has 28 heavy (non-hydrogen) atoms. The molecular weight excluding hydrogens is 358 g/mol. The highest BCUT2D eigenvalue weighted by Gasteiger charge is 2.22. The van der Waals surface area contributed by atoms with Crippen LogP contribution in [0.3, 0.4) is 0 Å². The van der Waals surface area contributed by atoms with Gasteiger partial charge in [0.05, 0.1) is 6.20 Å². The number of aromatic nitrogens is 4. The Hall–Kier alpha value is -3.78. The largest absolute Gasteiger partial charge is 0.438 e. The van der Waals surface area contributed by atoms with Gasteiger partial charge in [0.1, 0.15) is 17.3 Å². The zero-order chi connectivity index (χ0) is 19.3. The Balaban J connectivity index is 1.70. The van der Waals surface area contributed by atoms with Crippen molar-refractivity contribution in [2.24, 2.45) is 0 Å². The molecule has 0 spiro atoms. The number of hydroxylamine groups is 1. The lowest BCUT2D eigenvalue weighted by Crippen LogP contribution is -2.15. The minimum absolute atomic E-state index is 0.309. The molecule has 4 aromatic rings. The van der Waals surface area contributed by atoms with Gasteiger partial charge >= 0.3 is 0 Å². The molecule has 1 amide bonds. The number of nitrogens with one attached hydrogen (secondary N) is 1. The van der Waals surface area contributed by atoms with Gasteiger partial charge in [-0.05, 0) is 23.8 Å². The average Bonchev–Trinajstić information content (AvgIpc) is 3.38. The molecule has 0 saturated heterocycles. The van der Waals surface area contributed by atoms with Crippen molar-refractivity contribution in [1.29, 1.82) is 0 Å². The second kappa shape index (κ2) is 7.85. The molecule has 0 bridgehead atoms. The molecule has 1 unspecified atom stereocenters. The fraction of sp³-hybridized carbons (Fsp3) is 0.100. The van der Waals surface area contributed by atoms with Crippen molar-refractivity contribution < 1.29 is 14.4 Å². The maximum Gasteiger partial charge on any atom is 0.267 e. The minimum atomic E-state index is -0.644. The molecule has 2 N–H and O–H groups in total. The van der Waals surface area contributed by atoms with Gasteiger partial charge in [0.2, 0.25) is 5.89 Å². The summed E-state index contributed by atoms with van der Waals surface area (Å²) in [6.07, 6.45) is 4.93. The number of fused-ring (bicyclic) bond motifs is 1. The van der Waals surface area contributed by atoms with E-state index in [1.807, 2.05) is 54.6 Å². The summed E-state index contributed by atoms with van der Waals surface area (Å²) in [6.45, 7) is 0. The van der Waals surface area contributed by atoms with Crippen LogP contribution in [0, 0.1) is 0 Å². The predicted molar refractivity (Wildman–Crippen MR) is 101 cm³/mol. The van der Waals surface area contributed by atoms with E-state index in [0.717, 1.165) is 11.1 Å². The maximum atomic E-state index is 11.2. The van der Waals surface area contributed by atoms with Gasteiger partial charge in [-0.3, -0.25) is 10.0 Å². The third kappa shape index (κ3) is 3.81.